The van der Waals surface area contributed by atoms with Gasteiger partial charge in [-0.15, -0.1) is 0 Å². The molecule has 8 nitrogen and oxygen atoms in total. The molecule has 0 unspecified atom stereocenters. The first-order chi connectivity index (χ1) is 12.2. The van der Waals surface area contributed by atoms with Crippen LogP contribution in [0.15, 0.2) is 18.2 Å². The minimum Gasteiger partial charge on any atom is -0.452 e. The molecule has 0 radical (unpaired) electrons. The highest BCUT2D eigenvalue weighted by molar-refractivity contribution is 7.91. The van der Waals surface area contributed by atoms with E-state index in [0.717, 1.165) is 12.1 Å². The van der Waals surface area contributed by atoms with Gasteiger partial charge in [0.1, 0.15) is 5.82 Å². The molecule has 1 heterocycles. The minimum atomic E-state index is -3.09. The molecule has 2 N–H and O–H groups in total. The Morgan fingerprint density at radius 1 is 1.23 bits per heavy atom. The van der Waals surface area contributed by atoms with Crippen LogP contribution in [-0.2, 0) is 24.2 Å². The molecule has 0 saturated carbocycles. The van der Waals surface area contributed by atoms with Gasteiger partial charge < -0.3 is 4.74 Å². The molecule has 0 bridgehead atoms. The number of esters is 1. The lowest BCUT2D eigenvalue weighted by molar-refractivity contribution is -0.131. The van der Waals surface area contributed by atoms with Crippen LogP contribution in [0.5, 0.6) is 0 Å². The molecule has 1 aromatic rings. The summed E-state index contributed by atoms with van der Waals surface area (Å²) in [5, 5.41) is 0.129. The lowest BCUT2D eigenvalue weighted by Crippen LogP contribution is -2.44. The second-order valence-electron chi connectivity index (χ2n) is 5.77. The fraction of sp³-hybridized carbons (Fsp3) is 0.400. The first-order valence-electron chi connectivity index (χ1n) is 7.56. The van der Waals surface area contributed by atoms with Crippen molar-refractivity contribution in [1.29, 1.82) is 0 Å². The van der Waals surface area contributed by atoms with Crippen molar-refractivity contribution in [3.63, 3.8) is 0 Å². The molecule has 2 rings (SSSR count). The Labute approximate surface area is 153 Å². The minimum absolute atomic E-state index is 0.0486. The van der Waals surface area contributed by atoms with E-state index >= 15 is 0 Å². The first-order valence-corrected chi connectivity index (χ1v) is 9.76. The molecule has 1 aliphatic rings. The summed E-state index contributed by atoms with van der Waals surface area (Å²) >= 11 is 5.66. The predicted molar refractivity (Wildman–Crippen MR) is 89.4 cm³/mol. The number of carbonyl (C=O) groups is 3. The third-order valence-corrected chi connectivity index (χ3v) is 5.70. The van der Waals surface area contributed by atoms with Gasteiger partial charge in [0.25, 0.3) is 5.91 Å². The van der Waals surface area contributed by atoms with Gasteiger partial charge in [-0.2, -0.15) is 0 Å². The number of sulfone groups is 1. The molecule has 2 amide bonds. The van der Waals surface area contributed by atoms with Gasteiger partial charge in [-0.3, -0.25) is 20.4 Å². The molecule has 142 valence electrons. The van der Waals surface area contributed by atoms with Crippen molar-refractivity contribution in [2.45, 2.75) is 12.8 Å². The monoisotopic (exact) mass is 406 g/mol. The molecular weight excluding hydrogens is 391 g/mol. The van der Waals surface area contributed by atoms with Gasteiger partial charge in [-0.25, -0.2) is 17.6 Å². The summed E-state index contributed by atoms with van der Waals surface area (Å²) in [6.07, 6.45) is 0.347. The maximum atomic E-state index is 13.5. The molecule has 1 aromatic carbocycles. The van der Waals surface area contributed by atoms with E-state index in [-0.39, 0.29) is 28.9 Å². The van der Waals surface area contributed by atoms with Crippen LogP contribution in [0.3, 0.4) is 0 Å². The average molecular weight is 407 g/mol. The first kappa shape index (κ1) is 20.1. The highest BCUT2D eigenvalue weighted by Crippen LogP contribution is 2.21. The van der Waals surface area contributed by atoms with E-state index in [1.165, 1.54) is 6.07 Å². The number of ether oxygens (including phenoxy) is 1. The quantitative estimate of drug-likeness (QED) is 0.546. The van der Waals surface area contributed by atoms with Crippen LogP contribution < -0.4 is 10.9 Å². The van der Waals surface area contributed by atoms with Gasteiger partial charge in [-0.1, -0.05) is 11.6 Å². The second-order valence-corrected chi connectivity index (χ2v) is 8.43. The van der Waals surface area contributed by atoms with Gasteiger partial charge in [-0.05, 0) is 30.5 Å². The molecule has 0 aliphatic carbocycles. The number of benzene rings is 1. The number of nitrogens with one attached hydrogen (secondary N) is 2. The zero-order chi connectivity index (χ0) is 19.3. The Hall–Kier alpha value is -2.20. The highest BCUT2D eigenvalue weighted by Gasteiger charge is 2.29. The third kappa shape index (κ3) is 5.95. The molecule has 26 heavy (non-hydrogen) atoms. The second kappa shape index (κ2) is 8.45. The third-order valence-electron chi connectivity index (χ3n) is 3.62. The summed E-state index contributed by atoms with van der Waals surface area (Å²) in [6.45, 7) is -0.747. The largest absolute Gasteiger partial charge is 0.452 e. The van der Waals surface area contributed by atoms with Crippen LogP contribution in [-0.4, -0.2) is 44.3 Å². The van der Waals surface area contributed by atoms with Gasteiger partial charge in [0.2, 0.25) is 5.91 Å². The summed E-state index contributed by atoms with van der Waals surface area (Å²) in [7, 11) is -3.09. The normalized spacial score (nSPS) is 18.2. The predicted octanol–water partition coefficient (Wildman–Crippen LogP) is 0.608. The maximum absolute atomic E-state index is 13.5. The highest BCUT2D eigenvalue weighted by atomic mass is 35.5. The summed E-state index contributed by atoms with van der Waals surface area (Å²) in [5.74, 6) is -3.63. The maximum Gasteiger partial charge on any atom is 0.341 e. The van der Waals surface area contributed by atoms with Gasteiger partial charge in [0, 0.05) is 11.4 Å². The summed E-state index contributed by atoms with van der Waals surface area (Å²) in [5.41, 5.74) is 3.71. The van der Waals surface area contributed by atoms with Crippen LogP contribution >= 0.6 is 11.6 Å². The number of rotatable bonds is 5. The van der Waals surface area contributed by atoms with Crippen molar-refractivity contribution in [2.24, 2.45) is 5.92 Å². The van der Waals surface area contributed by atoms with Crippen LogP contribution in [0, 0.1) is 11.7 Å². The van der Waals surface area contributed by atoms with Crippen molar-refractivity contribution in [1.82, 2.24) is 10.9 Å². The molecule has 1 fully saturated rings. The Morgan fingerprint density at radius 2 is 1.92 bits per heavy atom. The number of halogens is 2. The van der Waals surface area contributed by atoms with Gasteiger partial charge in [0.05, 0.1) is 17.1 Å². The average Bonchev–Trinajstić information content (AvgIpc) is 2.91. The van der Waals surface area contributed by atoms with Crippen LogP contribution in [0.2, 0.25) is 5.02 Å². The van der Waals surface area contributed by atoms with Crippen molar-refractivity contribution in [3.8, 4) is 0 Å². The lowest BCUT2D eigenvalue weighted by atomic mass is 10.1. The van der Waals surface area contributed by atoms with Gasteiger partial charge in [0.15, 0.2) is 16.4 Å². The van der Waals surface area contributed by atoms with E-state index in [4.69, 9.17) is 11.6 Å². The standard InChI is InChI=1S/C15H16ClFN2O6S/c16-10-1-2-12(17)11(6-10)15(22)25-7-14(21)19-18-13(20)5-9-3-4-26(23,24)8-9/h1-2,6,9H,3-5,7-8H2,(H,18,20)(H,19,21)/t9-/m0/s1. The molecule has 0 spiro atoms. The number of hydrogen-bond acceptors (Lipinski definition) is 6. The Bertz CT molecular complexity index is 829. The van der Waals surface area contributed by atoms with Crippen molar-refractivity contribution in [3.05, 3.63) is 34.6 Å². The smallest absolute Gasteiger partial charge is 0.341 e. The fourth-order valence-electron chi connectivity index (χ4n) is 2.38. The van der Waals surface area contributed by atoms with E-state index in [1.54, 1.807) is 0 Å². The molecular formula is C15H16ClFN2O6S. The van der Waals surface area contributed by atoms with E-state index in [9.17, 15) is 27.2 Å². The van der Waals surface area contributed by atoms with E-state index in [0.29, 0.717) is 6.42 Å². The van der Waals surface area contributed by atoms with Crippen molar-refractivity contribution in [2.75, 3.05) is 18.1 Å². The summed E-state index contributed by atoms with van der Waals surface area (Å²) in [4.78, 5) is 34.9. The molecule has 1 saturated heterocycles. The lowest BCUT2D eigenvalue weighted by Gasteiger charge is -2.10. The Kier molecular flexibility index (Phi) is 6.54. The van der Waals surface area contributed by atoms with E-state index in [1.807, 2.05) is 5.43 Å². The van der Waals surface area contributed by atoms with Crippen molar-refractivity contribution < 1.29 is 31.9 Å². The summed E-state index contributed by atoms with van der Waals surface area (Å²) in [6, 6.07) is 3.31. The zero-order valence-corrected chi connectivity index (χ0v) is 15.0. The molecule has 1 aliphatic heterocycles. The molecule has 1 atom stereocenters. The number of amides is 2. The summed E-state index contributed by atoms with van der Waals surface area (Å²) < 4.78 is 40.8. The topological polar surface area (TPSA) is 119 Å². The van der Waals surface area contributed by atoms with Gasteiger partial charge >= 0.3 is 5.97 Å². The number of carbonyl (C=O) groups excluding carboxylic acids is 3. The van der Waals surface area contributed by atoms with E-state index < -0.39 is 45.6 Å². The SMILES string of the molecule is O=C(COC(=O)c1cc(Cl)ccc1F)NNC(=O)C[C@@H]1CCS(=O)(=O)C1. The Balaban J connectivity index is 1.72. The van der Waals surface area contributed by atoms with Crippen LogP contribution in [0.4, 0.5) is 4.39 Å². The van der Waals surface area contributed by atoms with Crippen LogP contribution in [0.25, 0.3) is 0 Å². The number of hydrogen-bond donors (Lipinski definition) is 2. The van der Waals surface area contributed by atoms with Crippen LogP contribution in [0.1, 0.15) is 23.2 Å². The number of hydrazine groups is 1. The fourth-order valence-corrected chi connectivity index (χ4v) is 4.42. The Morgan fingerprint density at radius 3 is 2.58 bits per heavy atom. The van der Waals surface area contributed by atoms with Crippen molar-refractivity contribution >= 4 is 39.2 Å². The molecule has 0 aromatic heterocycles. The van der Waals surface area contributed by atoms with E-state index in [2.05, 4.69) is 10.2 Å². The molecule has 11 heteroatoms. The zero-order valence-electron chi connectivity index (χ0n) is 13.5.